The number of amides is 3. The van der Waals surface area contributed by atoms with Gasteiger partial charge in [-0.3, -0.25) is 14.9 Å². The van der Waals surface area contributed by atoms with Gasteiger partial charge in [0.15, 0.2) is 0 Å². The van der Waals surface area contributed by atoms with Crippen LogP contribution in [-0.4, -0.2) is 71.6 Å². The highest BCUT2D eigenvalue weighted by Gasteiger charge is 2.23. The number of nitrogens with zero attached hydrogens (tertiary/aromatic N) is 2. The predicted octanol–water partition coefficient (Wildman–Crippen LogP) is 4.64. The highest BCUT2D eigenvalue weighted by atomic mass is 16.6. The van der Waals surface area contributed by atoms with Crippen LogP contribution in [0.2, 0.25) is 0 Å². The van der Waals surface area contributed by atoms with E-state index < -0.39 is 6.09 Å². The monoisotopic (exact) mass is 609 g/mol. The lowest BCUT2D eigenvalue weighted by Gasteiger charge is -2.31. The molecule has 11 nitrogen and oxygen atoms in total. The number of piperidine rings is 1. The lowest BCUT2D eigenvalue weighted by atomic mass is 10.0. The molecule has 0 spiro atoms. The van der Waals surface area contributed by atoms with Crippen molar-refractivity contribution < 1.29 is 19.1 Å². The van der Waals surface area contributed by atoms with Gasteiger partial charge in [0.05, 0.1) is 12.2 Å². The van der Waals surface area contributed by atoms with E-state index in [0.717, 1.165) is 30.0 Å². The van der Waals surface area contributed by atoms with E-state index in [0.29, 0.717) is 62.4 Å². The van der Waals surface area contributed by atoms with Crippen LogP contribution < -0.4 is 21.3 Å². The predicted molar refractivity (Wildman–Crippen MR) is 174 cm³/mol. The molecule has 11 heteroatoms. The number of hydrogen-bond donors (Lipinski definition) is 5. The second-order valence-corrected chi connectivity index (χ2v) is 10.8. The molecule has 1 fully saturated rings. The minimum absolute atomic E-state index is 0.121. The van der Waals surface area contributed by atoms with Crippen LogP contribution >= 0.6 is 0 Å². The van der Waals surface area contributed by atoms with Gasteiger partial charge in [-0.15, -0.1) is 0 Å². The van der Waals surface area contributed by atoms with Crippen LogP contribution in [0.1, 0.15) is 35.4 Å². The second kappa shape index (κ2) is 16.2. The SMILES string of the molecule is O=C(CCN1CCC(OC(=O)Nc2ccccc2-c2ccccc2)CC1)Nc1cccc(C(=O)NCCNCc2ncc[nH]2)c1. The summed E-state index contributed by atoms with van der Waals surface area (Å²) in [7, 11) is 0. The molecule has 45 heavy (non-hydrogen) atoms. The average molecular weight is 610 g/mol. The summed E-state index contributed by atoms with van der Waals surface area (Å²) in [4.78, 5) is 47.3. The molecule has 0 aliphatic carbocycles. The summed E-state index contributed by atoms with van der Waals surface area (Å²) in [5.41, 5.74) is 3.72. The molecule has 234 valence electrons. The normalized spacial score (nSPS) is 13.6. The summed E-state index contributed by atoms with van der Waals surface area (Å²) < 4.78 is 5.73. The molecule has 0 unspecified atom stereocenters. The van der Waals surface area contributed by atoms with Gasteiger partial charge in [0.1, 0.15) is 11.9 Å². The Labute approximate surface area is 262 Å². The standard InChI is InChI=1S/C34H39N7O4/c42-32(39-27-10-6-9-26(23-27)33(43)38-17-16-35-24-31-36-18-19-37-31)15-22-41-20-13-28(14-21-41)45-34(44)40-30-12-5-4-11-29(30)25-7-2-1-3-8-25/h1-12,18-19,23,28,35H,13-17,20-22,24H2,(H,36,37)(H,38,43)(H,39,42)(H,40,44). The molecular formula is C34H39N7O4. The molecule has 5 N–H and O–H groups in total. The number of nitrogens with one attached hydrogen (secondary N) is 5. The minimum Gasteiger partial charge on any atom is -0.446 e. The number of carbonyl (C=O) groups is 3. The van der Waals surface area contributed by atoms with Crippen LogP contribution in [0, 0.1) is 0 Å². The number of anilines is 2. The molecule has 3 aromatic carbocycles. The molecule has 0 radical (unpaired) electrons. The van der Waals surface area contributed by atoms with Gasteiger partial charge in [-0.05, 0) is 42.7 Å². The van der Waals surface area contributed by atoms with Crippen LogP contribution in [0.4, 0.5) is 16.2 Å². The summed E-state index contributed by atoms with van der Waals surface area (Å²) in [6, 6.07) is 24.5. The zero-order chi connectivity index (χ0) is 31.3. The minimum atomic E-state index is -0.464. The lowest BCUT2D eigenvalue weighted by molar-refractivity contribution is -0.116. The van der Waals surface area contributed by atoms with E-state index >= 15 is 0 Å². The Morgan fingerprint density at radius 1 is 0.911 bits per heavy atom. The van der Waals surface area contributed by atoms with Gasteiger partial charge in [0.25, 0.3) is 5.91 Å². The van der Waals surface area contributed by atoms with Gasteiger partial charge in [0, 0.05) is 68.4 Å². The third-order valence-corrected chi connectivity index (χ3v) is 7.56. The van der Waals surface area contributed by atoms with E-state index in [-0.39, 0.29) is 17.9 Å². The first kappa shape index (κ1) is 31.4. The highest BCUT2D eigenvalue weighted by molar-refractivity contribution is 5.97. The first-order valence-electron chi connectivity index (χ1n) is 15.2. The van der Waals surface area contributed by atoms with E-state index in [1.165, 1.54) is 0 Å². The number of likely N-dealkylation sites (tertiary alicyclic amines) is 1. The number of H-pyrrole nitrogens is 1. The van der Waals surface area contributed by atoms with Crippen LogP contribution in [0.25, 0.3) is 11.1 Å². The second-order valence-electron chi connectivity index (χ2n) is 10.8. The maximum absolute atomic E-state index is 12.7. The van der Waals surface area contributed by atoms with Crippen molar-refractivity contribution in [1.29, 1.82) is 0 Å². The van der Waals surface area contributed by atoms with Crippen molar-refractivity contribution >= 4 is 29.3 Å². The topological polar surface area (TPSA) is 140 Å². The van der Waals surface area contributed by atoms with Crippen molar-refractivity contribution in [3.05, 3.63) is 103 Å². The number of aromatic nitrogens is 2. The molecule has 2 heterocycles. The van der Waals surface area contributed by atoms with Crippen LogP contribution in [0.15, 0.2) is 91.3 Å². The fourth-order valence-corrected chi connectivity index (χ4v) is 5.19. The van der Waals surface area contributed by atoms with Crippen molar-refractivity contribution in [2.45, 2.75) is 31.9 Å². The molecule has 3 amide bonds. The number of imidazole rings is 1. The smallest absolute Gasteiger partial charge is 0.411 e. The Bertz CT molecular complexity index is 1540. The van der Waals surface area contributed by atoms with Gasteiger partial charge < -0.3 is 30.6 Å². The molecule has 0 bridgehead atoms. The van der Waals surface area contributed by atoms with E-state index in [9.17, 15) is 14.4 Å². The van der Waals surface area contributed by atoms with Gasteiger partial charge in [0.2, 0.25) is 5.91 Å². The maximum Gasteiger partial charge on any atom is 0.411 e. The highest BCUT2D eigenvalue weighted by Crippen LogP contribution is 2.28. The van der Waals surface area contributed by atoms with E-state index in [1.807, 2.05) is 54.6 Å². The third-order valence-electron chi connectivity index (χ3n) is 7.56. The summed E-state index contributed by atoms with van der Waals surface area (Å²) in [5.74, 6) is 0.513. The van der Waals surface area contributed by atoms with Gasteiger partial charge in [-0.1, -0.05) is 54.6 Å². The molecule has 1 aliphatic rings. The molecule has 0 atom stereocenters. The Morgan fingerprint density at radius 2 is 1.71 bits per heavy atom. The van der Waals surface area contributed by atoms with Gasteiger partial charge in [-0.2, -0.15) is 0 Å². The summed E-state index contributed by atoms with van der Waals surface area (Å²) in [6.07, 6.45) is 4.53. The van der Waals surface area contributed by atoms with E-state index in [4.69, 9.17) is 4.74 Å². The zero-order valence-corrected chi connectivity index (χ0v) is 25.1. The average Bonchev–Trinajstić information content (AvgIpc) is 3.59. The Kier molecular flexibility index (Phi) is 11.3. The molecule has 1 aromatic heterocycles. The summed E-state index contributed by atoms with van der Waals surface area (Å²) in [6.45, 7) is 3.72. The van der Waals surface area contributed by atoms with Crippen LogP contribution in [0.3, 0.4) is 0 Å². The molecule has 0 saturated carbocycles. The van der Waals surface area contributed by atoms with Gasteiger partial charge >= 0.3 is 6.09 Å². The number of para-hydroxylation sites is 1. The summed E-state index contributed by atoms with van der Waals surface area (Å²) in [5, 5.41) is 11.9. The molecule has 4 aromatic rings. The van der Waals surface area contributed by atoms with E-state index in [2.05, 4.69) is 36.1 Å². The number of rotatable bonds is 13. The zero-order valence-electron chi connectivity index (χ0n) is 25.1. The maximum atomic E-state index is 12.7. The summed E-state index contributed by atoms with van der Waals surface area (Å²) >= 11 is 0. The third kappa shape index (κ3) is 9.75. The Balaban J connectivity index is 0.984. The number of ether oxygens (including phenoxy) is 1. The lowest BCUT2D eigenvalue weighted by Crippen LogP contribution is -2.39. The molecule has 5 rings (SSSR count). The van der Waals surface area contributed by atoms with Crippen molar-refractivity contribution in [1.82, 2.24) is 25.5 Å². The molecule has 1 aliphatic heterocycles. The van der Waals surface area contributed by atoms with Crippen molar-refractivity contribution in [2.24, 2.45) is 0 Å². The fourth-order valence-electron chi connectivity index (χ4n) is 5.19. The first-order valence-corrected chi connectivity index (χ1v) is 15.2. The van der Waals surface area contributed by atoms with Crippen molar-refractivity contribution in [3.63, 3.8) is 0 Å². The van der Waals surface area contributed by atoms with Crippen LogP contribution in [0.5, 0.6) is 0 Å². The molecular weight excluding hydrogens is 570 g/mol. The fraction of sp³-hybridized carbons (Fsp3) is 0.294. The molecule has 1 saturated heterocycles. The Morgan fingerprint density at radius 3 is 2.51 bits per heavy atom. The first-order chi connectivity index (χ1) is 22.0. The van der Waals surface area contributed by atoms with Crippen molar-refractivity contribution in [2.75, 3.05) is 43.4 Å². The van der Waals surface area contributed by atoms with Crippen molar-refractivity contribution in [3.8, 4) is 11.1 Å². The quantitative estimate of drug-likeness (QED) is 0.139. The van der Waals surface area contributed by atoms with Crippen LogP contribution in [-0.2, 0) is 16.1 Å². The largest absolute Gasteiger partial charge is 0.446 e. The number of aromatic amines is 1. The number of carbonyl (C=O) groups excluding carboxylic acids is 3. The number of hydrogen-bond acceptors (Lipinski definition) is 7. The van der Waals surface area contributed by atoms with E-state index in [1.54, 1.807) is 36.7 Å². The van der Waals surface area contributed by atoms with Gasteiger partial charge in [-0.25, -0.2) is 9.78 Å². The number of benzene rings is 3. The Hall–Kier alpha value is -5.00.